The third-order valence-electron chi connectivity index (χ3n) is 4.00. The van der Waals surface area contributed by atoms with Crippen molar-refractivity contribution in [3.05, 3.63) is 23.9 Å². The van der Waals surface area contributed by atoms with Gasteiger partial charge in [-0.05, 0) is 31.5 Å². The number of carbonyl (C=O) groups excluding carboxylic acids is 1. The van der Waals surface area contributed by atoms with E-state index in [2.05, 4.69) is 15.2 Å². The Labute approximate surface area is 118 Å². The lowest BCUT2D eigenvalue weighted by atomic mass is 10.2. The summed E-state index contributed by atoms with van der Waals surface area (Å²) in [6.07, 6.45) is 4.10. The molecule has 3 N–H and O–H groups in total. The van der Waals surface area contributed by atoms with Crippen molar-refractivity contribution in [2.45, 2.75) is 25.0 Å². The van der Waals surface area contributed by atoms with E-state index >= 15 is 0 Å². The number of nitrogens with two attached hydrogens (primary N) is 1. The number of hydrogen-bond acceptors (Lipinski definition) is 5. The lowest BCUT2D eigenvalue weighted by Gasteiger charge is -2.35. The van der Waals surface area contributed by atoms with Crippen LogP contribution in [0.5, 0.6) is 0 Å². The fourth-order valence-corrected chi connectivity index (χ4v) is 2.91. The van der Waals surface area contributed by atoms with Crippen molar-refractivity contribution in [1.29, 1.82) is 0 Å². The molecule has 0 bridgehead atoms. The number of hydrogen-bond donors (Lipinski definition) is 2. The molecule has 1 amide bonds. The van der Waals surface area contributed by atoms with Crippen molar-refractivity contribution in [3.8, 4) is 0 Å². The zero-order valence-electron chi connectivity index (χ0n) is 11.4. The van der Waals surface area contributed by atoms with Crippen molar-refractivity contribution in [1.82, 2.24) is 15.2 Å². The van der Waals surface area contributed by atoms with Crippen LogP contribution in [0.2, 0.25) is 0 Å². The van der Waals surface area contributed by atoms with Crippen LogP contribution in [-0.2, 0) is 4.74 Å². The molecule has 0 spiro atoms. The maximum absolute atomic E-state index is 12.0. The van der Waals surface area contributed by atoms with E-state index in [4.69, 9.17) is 10.5 Å². The maximum atomic E-state index is 12.0. The molecule has 2 aliphatic heterocycles. The highest BCUT2D eigenvalue weighted by Gasteiger charge is 2.32. The number of aromatic nitrogens is 1. The number of pyridine rings is 1. The van der Waals surface area contributed by atoms with Gasteiger partial charge in [-0.15, -0.1) is 0 Å². The fraction of sp³-hybridized carbons (Fsp3) is 0.571. The van der Waals surface area contributed by atoms with Crippen LogP contribution < -0.4 is 11.1 Å². The zero-order valence-corrected chi connectivity index (χ0v) is 11.4. The van der Waals surface area contributed by atoms with Gasteiger partial charge < -0.3 is 15.8 Å². The molecule has 2 unspecified atom stereocenters. The van der Waals surface area contributed by atoms with E-state index in [1.165, 1.54) is 19.0 Å². The third-order valence-corrected chi connectivity index (χ3v) is 4.00. The lowest BCUT2D eigenvalue weighted by molar-refractivity contribution is -0.0461. The van der Waals surface area contributed by atoms with Gasteiger partial charge in [-0.25, -0.2) is 4.98 Å². The highest BCUT2D eigenvalue weighted by Crippen LogP contribution is 2.22. The highest BCUT2D eigenvalue weighted by molar-refractivity contribution is 5.94. The Hall–Kier alpha value is -1.66. The number of morpholine rings is 1. The number of ether oxygens (including phenoxy) is 1. The topological polar surface area (TPSA) is 80.5 Å². The summed E-state index contributed by atoms with van der Waals surface area (Å²) in [5.41, 5.74) is 6.11. The van der Waals surface area contributed by atoms with Crippen molar-refractivity contribution in [2.75, 3.05) is 32.0 Å². The first-order valence-electron chi connectivity index (χ1n) is 7.08. The van der Waals surface area contributed by atoms with E-state index in [0.29, 0.717) is 24.0 Å². The Morgan fingerprint density at radius 3 is 3.35 bits per heavy atom. The van der Waals surface area contributed by atoms with E-state index in [-0.39, 0.29) is 12.0 Å². The maximum Gasteiger partial charge on any atom is 0.251 e. The van der Waals surface area contributed by atoms with Crippen molar-refractivity contribution < 1.29 is 9.53 Å². The minimum atomic E-state index is -0.133. The number of nitrogens with one attached hydrogen (secondary N) is 1. The zero-order chi connectivity index (χ0) is 13.9. The molecule has 6 heteroatoms. The van der Waals surface area contributed by atoms with Gasteiger partial charge in [0.25, 0.3) is 5.91 Å². The summed E-state index contributed by atoms with van der Waals surface area (Å²) < 4.78 is 5.81. The van der Waals surface area contributed by atoms with E-state index < -0.39 is 0 Å². The largest absolute Gasteiger partial charge is 0.384 e. The second kappa shape index (κ2) is 5.76. The summed E-state index contributed by atoms with van der Waals surface area (Å²) in [5, 5.41) is 2.90. The Kier molecular flexibility index (Phi) is 3.84. The van der Waals surface area contributed by atoms with Crippen LogP contribution in [0.4, 0.5) is 5.82 Å². The summed E-state index contributed by atoms with van der Waals surface area (Å²) in [4.78, 5) is 18.3. The molecule has 2 atom stereocenters. The number of rotatable bonds is 3. The van der Waals surface area contributed by atoms with E-state index in [1.54, 1.807) is 12.1 Å². The highest BCUT2D eigenvalue weighted by atomic mass is 16.5. The van der Waals surface area contributed by atoms with Crippen LogP contribution in [0.1, 0.15) is 23.2 Å². The summed E-state index contributed by atoms with van der Waals surface area (Å²) in [5.74, 6) is 0.220. The molecule has 0 aliphatic carbocycles. The molecular formula is C14H20N4O2. The van der Waals surface area contributed by atoms with Gasteiger partial charge in [0.15, 0.2) is 0 Å². The molecule has 108 valence electrons. The summed E-state index contributed by atoms with van der Waals surface area (Å²) in [7, 11) is 0. The number of nitrogens with zero attached hydrogens (tertiary/aromatic N) is 2. The van der Waals surface area contributed by atoms with Gasteiger partial charge in [-0.1, -0.05) is 0 Å². The van der Waals surface area contributed by atoms with Crippen LogP contribution >= 0.6 is 0 Å². The Morgan fingerprint density at radius 2 is 2.50 bits per heavy atom. The van der Waals surface area contributed by atoms with Gasteiger partial charge >= 0.3 is 0 Å². The molecule has 2 aliphatic rings. The Balaban J connectivity index is 1.51. The van der Waals surface area contributed by atoms with E-state index in [1.807, 2.05) is 0 Å². The molecule has 1 aromatic heterocycles. The molecule has 3 heterocycles. The van der Waals surface area contributed by atoms with Crippen LogP contribution in [0.15, 0.2) is 18.3 Å². The molecule has 20 heavy (non-hydrogen) atoms. The number of anilines is 1. The predicted molar refractivity (Wildman–Crippen MR) is 75.3 cm³/mol. The molecule has 0 saturated carbocycles. The molecule has 2 saturated heterocycles. The van der Waals surface area contributed by atoms with E-state index in [9.17, 15) is 4.79 Å². The van der Waals surface area contributed by atoms with Gasteiger partial charge in [-0.2, -0.15) is 0 Å². The van der Waals surface area contributed by atoms with Gasteiger partial charge in [-0.3, -0.25) is 9.69 Å². The normalized spacial score (nSPS) is 26.2. The Bertz CT molecular complexity index is 494. The smallest absolute Gasteiger partial charge is 0.251 e. The van der Waals surface area contributed by atoms with Crippen molar-refractivity contribution >= 4 is 11.7 Å². The Morgan fingerprint density at radius 1 is 1.60 bits per heavy atom. The second-order valence-corrected chi connectivity index (χ2v) is 5.43. The van der Waals surface area contributed by atoms with Crippen LogP contribution in [-0.4, -0.2) is 54.2 Å². The second-order valence-electron chi connectivity index (χ2n) is 5.43. The fourth-order valence-electron chi connectivity index (χ4n) is 2.91. The quantitative estimate of drug-likeness (QED) is 0.827. The monoisotopic (exact) mass is 276 g/mol. The standard InChI is InChI=1S/C14H20N4O2/c15-13-6-10(3-4-16-13)14(19)17-7-12-8-18-5-1-2-11(18)9-20-12/h3-4,6,11-12H,1-2,5,7-9H2,(H2,15,16)(H,17,19). The predicted octanol–water partition coefficient (Wildman–Crippen LogP) is 0.257. The molecule has 2 fully saturated rings. The number of nitrogen functional groups attached to an aromatic ring is 1. The first-order valence-corrected chi connectivity index (χ1v) is 7.08. The third kappa shape index (κ3) is 2.91. The first kappa shape index (κ1) is 13.3. The first-order chi connectivity index (χ1) is 9.72. The lowest BCUT2D eigenvalue weighted by Crippen LogP contribution is -2.50. The van der Waals surface area contributed by atoms with Gasteiger partial charge in [0, 0.05) is 30.9 Å². The average molecular weight is 276 g/mol. The van der Waals surface area contributed by atoms with Crippen LogP contribution in [0.25, 0.3) is 0 Å². The number of carbonyl (C=O) groups is 1. The van der Waals surface area contributed by atoms with E-state index in [0.717, 1.165) is 19.7 Å². The summed E-state index contributed by atoms with van der Waals surface area (Å²) >= 11 is 0. The minimum Gasteiger partial charge on any atom is -0.384 e. The molecular weight excluding hydrogens is 256 g/mol. The summed E-state index contributed by atoms with van der Waals surface area (Å²) in [6, 6.07) is 3.82. The van der Waals surface area contributed by atoms with Crippen molar-refractivity contribution in [3.63, 3.8) is 0 Å². The molecule has 1 aromatic rings. The molecule has 0 radical (unpaired) electrons. The average Bonchev–Trinajstić information content (AvgIpc) is 2.92. The van der Waals surface area contributed by atoms with Crippen LogP contribution in [0, 0.1) is 0 Å². The van der Waals surface area contributed by atoms with Crippen molar-refractivity contribution in [2.24, 2.45) is 0 Å². The molecule has 6 nitrogen and oxygen atoms in total. The van der Waals surface area contributed by atoms with Crippen LogP contribution in [0.3, 0.4) is 0 Å². The van der Waals surface area contributed by atoms with Gasteiger partial charge in [0.1, 0.15) is 5.82 Å². The number of amides is 1. The summed E-state index contributed by atoms with van der Waals surface area (Å²) in [6.45, 7) is 3.37. The molecule has 0 aromatic carbocycles. The van der Waals surface area contributed by atoms with Gasteiger partial charge in [0.2, 0.25) is 0 Å². The number of fused-ring (bicyclic) bond motifs is 1. The minimum absolute atomic E-state index is 0.0764. The SMILES string of the molecule is Nc1cc(C(=O)NCC2CN3CCCC3CO2)ccn1. The molecule has 3 rings (SSSR count). The van der Waals surface area contributed by atoms with Gasteiger partial charge in [0.05, 0.1) is 12.7 Å².